The van der Waals surface area contributed by atoms with Gasteiger partial charge in [0.1, 0.15) is 0 Å². The van der Waals surface area contributed by atoms with Gasteiger partial charge in [-0.15, -0.1) is 0 Å². The summed E-state index contributed by atoms with van der Waals surface area (Å²) in [5.74, 6) is -7.08. The number of allylic oxidation sites excluding steroid dienone is 4. The van der Waals surface area contributed by atoms with Gasteiger partial charge in [0, 0.05) is 41.5 Å². The standard InChI is InChI=1S/C25H26F6N4O3/c26-24(27,28)12-10-15(20(32)36)16(11-13-25(29,30)31)22(37)35-21-23(38)33-18-9-5-4-8-17(18)19(34-21)14-6-2-1-3-7-14/h1-4,6-8,15-16,21H,5,9-13H2,(H2,32,36)(H,33,38)(H,35,37)/t15-,16+,21+/m0/s1. The van der Waals surface area contributed by atoms with E-state index in [2.05, 4.69) is 15.6 Å². The molecule has 0 saturated heterocycles. The molecule has 3 atom stereocenters. The fourth-order valence-corrected chi connectivity index (χ4v) is 4.35. The fraction of sp³-hybridized carbons (Fsp3) is 0.440. The minimum Gasteiger partial charge on any atom is -0.369 e. The largest absolute Gasteiger partial charge is 0.389 e. The van der Waals surface area contributed by atoms with Gasteiger partial charge < -0.3 is 16.4 Å². The van der Waals surface area contributed by atoms with Gasteiger partial charge in [0.05, 0.1) is 5.71 Å². The molecular weight excluding hydrogens is 518 g/mol. The highest BCUT2D eigenvalue weighted by atomic mass is 19.4. The molecule has 7 nitrogen and oxygen atoms in total. The number of halogens is 6. The Balaban J connectivity index is 1.94. The number of nitrogens with zero attached hydrogens (tertiary/aromatic N) is 1. The van der Waals surface area contributed by atoms with Crippen molar-refractivity contribution in [3.63, 3.8) is 0 Å². The molecule has 0 radical (unpaired) electrons. The summed E-state index contributed by atoms with van der Waals surface area (Å²) in [5.41, 5.74) is 7.26. The number of carbonyl (C=O) groups excluding carboxylic acids is 3. The Morgan fingerprint density at radius 2 is 1.63 bits per heavy atom. The van der Waals surface area contributed by atoms with Gasteiger partial charge in [-0.25, -0.2) is 4.99 Å². The van der Waals surface area contributed by atoms with E-state index in [9.17, 15) is 40.7 Å². The van der Waals surface area contributed by atoms with Crippen LogP contribution >= 0.6 is 0 Å². The van der Waals surface area contributed by atoms with Crippen LogP contribution in [0.15, 0.2) is 58.7 Å². The van der Waals surface area contributed by atoms with Gasteiger partial charge in [0.15, 0.2) is 0 Å². The van der Waals surface area contributed by atoms with E-state index >= 15 is 0 Å². The number of carbonyl (C=O) groups is 3. The molecule has 0 fully saturated rings. The van der Waals surface area contributed by atoms with Crippen LogP contribution in [0.25, 0.3) is 0 Å². The van der Waals surface area contributed by atoms with Crippen LogP contribution in [0.3, 0.4) is 0 Å². The predicted molar refractivity (Wildman–Crippen MR) is 125 cm³/mol. The summed E-state index contributed by atoms with van der Waals surface area (Å²) in [4.78, 5) is 42.5. The Morgan fingerprint density at radius 1 is 1.03 bits per heavy atom. The first-order chi connectivity index (χ1) is 17.7. The van der Waals surface area contributed by atoms with Crippen molar-refractivity contribution in [3.8, 4) is 0 Å². The lowest BCUT2D eigenvalue weighted by atomic mass is 9.83. The lowest BCUT2D eigenvalue weighted by Crippen LogP contribution is -2.49. The second-order valence-corrected chi connectivity index (χ2v) is 9.00. The van der Waals surface area contributed by atoms with Crippen LogP contribution in [-0.2, 0) is 14.4 Å². The van der Waals surface area contributed by atoms with Crippen molar-refractivity contribution in [2.45, 2.75) is 57.0 Å². The average molecular weight is 544 g/mol. The van der Waals surface area contributed by atoms with Crippen molar-refractivity contribution < 1.29 is 40.7 Å². The minimum atomic E-state index is -4.75. The number of alkyl halides is 6. The van der Waals surface area contributed by atoms with Crippen molar-refractivity contribution in [2.75, 3.05) is 0 Å². The van der Waals surface area contributed by atoms with E-state index in [1.54, 1.807) is 36.4 Å². The molecule has 13 heteroatoms. The second-order valence-electron chi connectivity index (χ2n) is 9.00. The molecule has 0 aromatic heterocycles. The Morgan fingerprint density at radius 3 is 2.21 bits per heavy atom. The number of amides is 3. The van der Waals surface area contributed by atoms with Crippen molar-refractivity contribution >= 4 is 23.4 Å². The molecule has 1 heterocycles. The highest BCUT2D eigenvalue weighted by Gasteiger charge is 2.40. The Labute approximate surface area is 214 Å². The zero-order valence-corrected chi connectivity index (χ0v) is 20.0. The van der Waals surface area contributed by atoms with E-state index < -0.39 is 73.8 Å². The minimum absolute atomic E-state index is 0.329. The van der Waals surface area contributed by atoms with E-state index in [-0.39, 0.29) is 0 Å². The molecule has 38 heavy (non-hydrogen) atoms. The maximum Gasteiger partial charge on any atom is 0.389 e. The lowest BCUT2D eigenvalue weighted by Gasteiger charge is -2.26. The number of rotatable bonds is 9. The fourth-order valence-electron chi connectivity index (χ4n) is 4.35. The SMILES string of the molecule is NC(=O)[C@@H](CCC(F)(F)F)[C@@H](CCC(F)(F)F)C(=O)N[C@H]1N=C(c2ccccc2)C2=C(CCC=C2)NC1=O. The Kier molecular flexibility index (Phi) is 9.00. The zero-order valence-electron chi connectivity index (χ0n) is 20.0. The third kappa shape index (κ3) is 7.93. The van der Waals surface area contributed by atoms with E-state index in [1.807, 2.05) is 6.08 Å². The molecule has 0 bridgehead atoms. The average Bonchev–Trinajstić information content (AvgIpc) is 2.96. The quantitative estimate of drug-likeness (QED) is 0.408. The summed E-state index contributed by atoms with van der Waals surface area (Å²) in [6.45, 7) is 0. The van der Waals surface area contributed by atoms with Crippen LogP contribution in [0, 0.1) is 11.8 Å². The molecule has 0 spiro atoms. The molecule has 2 aliphatic rings. The van der Waals surface area contributed by atoms with Gasteiger partial charge in [-0.1, -0.05) is 42.5 Å². The Hall–Kier alpha value is -3.64. The van der Waals surface area contributed by atoms with Gasteiger partial charge in [-0.2, -0.15) is 26.3 Å². The molecule has 1 aromatic rings. The molecule has 206 valence electrons. The number of hydrogen-bond acceptors (Lipinski definition) is 4. The van der Waals surface area contributed by atoms with Gasteiger partial charge in [-0.3, -0.25) is 14.4 Å². The van der Waals surface area contributed by atoms with Crippen LogP contribution in [0.4, 0.5) is 26.3 Å². The van der Waals surface area contributed by atoms with Crippen molar-refractivity contribution in [2.24, 2.45) is 22.6 Å². The molecule has 3 amide bonds. The summed E-state index contributed by atoms with van der Waals surface area (Å²) in [6, 6.07) is 8.64. The van der Waals surface area contributed by atoms with Gasteiger partial charge in [-0.05, 0) is 25.7 Å². The summed E-state index contributed by atoms with van der Waals surface area (Å²) < 4.78 is 77.4. The monoisotopic (exact) mass is 544 g/mol. The first-order valence-corrected chi connectivity index (χ1v) is 11.8. The maximum absolute atomic E-state index is 13.2. The van der Waals surface area contributed by atoms with E-state index in [0.29, 0.717) is 35.4 Å². The Bertz CT molecular complexity index is 1140. The van der Waals surface area contributed by atoms with Crippen LogP contribution in [-0.4, -0.2) is 42.0 Å². The molecule has 3 rings (SSSR count). The molecule has 4 N–H and O–H groups in total. The van der Waals surface area contributed by atoms with Crippen molar-refractivity contribution in [3.05, 3.63) is 59.3 Å². The summed E-state index contributed by atoms with van der Waals surface area (Å²) in [6.07, 6.45) is -11.5. The number of aliphatic imine (C=N–C) groups is 1. The van der Waals surface area contributed by atoms with Crippen molar-refractivity contribution in [1.82, 2.24) is 10.6 Å². The van der Waals surface area contributed by atoms with Crippen molar-refractivity contribution in [1.29, 1.82) is 0 Å². The number of nitrogens with two attached hydrogens (primary N) is 1. The van der Waals surface area contributed by atoms with Crippen LogP contribution in [0.5, 0.6) is 0 Å². The third-order valence-electron chi connectivity index (χ3n) is 6.20. The molecule has 1 aromatic carbocycles. The highest BCUT2D eigenvalue weighted by molar-refractivity contribution is 6.16. The topological polar surface area (TPSA) is 114 Å². The summed E-state index contributed by atoms with van der Waals surface area (Å²) in [5, 5.41) is 4.91. The molecule has 1 aliphatic carbocycles. The van der Waals surface area contributed by atoms with E-state index in [4.69, 9.17) is 5.73 Å². The van der Waals surface area contributed by atoms with Crippen LogP contribution in [0.2, 0.25) is 0 Å². The molecule has 1 aliphatic heterocycles. The number of nitrogens with one attached hydrogen (secondary N) is 2. The van der Waals surface area contributed by atoms with E-state index in [0.717, 1.165) is 0 Å². The highest BCUT2D eigenvalue weighted by Crippen LogP contribution is 2.33. The summed E-state index contributed by atoms with van der Waals surface area (Å²) in [7, 11) is 0. The third-order valence-corrected chi connectivity index (χ3v) is 6.20. The van der Waals surface area contributed by atoms with Gasteiger partial charge in [0.2, 0.25) is 18.0 Å². The maximum atomic E-state index is 13.2. The first-order valence-electron chi connectivity index (χ1n) is 11.8. The molecule has 0 saturated carbocycles. The van der Waals surface area contributed by atoms with Crippen LogP contribution < -0.4 is 16.4 Å². The molecule has 0 unspecified atom stereocenters. The number of hydrogen-bond donors (Lipinski definition) is 3. The van der Waals surface area contributed by atoms with E-state index in [1.165, 1.54) is 0 Å². The zero-order chi connectivity index (χ0) is 28.1. The van der Waals surface area contributed by atoms with Crippen LogP contribution in [0.1, 0.15) is 44.1 Å². The molecular formula is C25H26F6N4O3. The number of primary amides is 1. The summed E-state index contributed by atoms with van der Waals surface area (Å²) >= 11 is 0. The van der Waals surface area contributed by atoms with Gasteiger partial charge in [0.25, 0.3) is 5.91 Å². The van der Waals surface area contributed by atoms with Gasteiger partial charge >= 0.3 is 12.4 Å². The normalized spacial score (nSPS) is 19.6. The smallest absolute Gasteiger partial charge is 0.369 e. The first kappa shape index (κ1) is 28.9. The predicted octanol–water partition coefficient (Wildman–Crippen LogP) is 4.05. The second kappa shape index (κ2) is 11.8. The lowest BCUT2D eigenvalue weighted by molar-refractivity contribution is -0.152. The number of benzene rings is 1.